The Bertz CT molecular complexity index is 640. The van der Waals surface area contributed by atoms with Gasteiger partial charge >= 0.3 is 0 Å². The van der Waals surface area contributed by atoms with E-state index in [4.69, 9.17) is 4.74 Å². The lowest BCUT2D eigenvalue weighted by atomic mass is 10.1. The largest absolute Gasteiger partial charge is 0.376 e. The van der Waals surface area contributed by atoms with Crippen LogP contribution in [0.25, 0.3) is 0 Å². The van der Waals surface area contributed by atoms with E-state index in [1.807, 2.05) is 0 Å². The van der Waals surface area contributed by atoms with Crippen LogP contribution in [0.3, 0.4) is 0 Å². The molecule has 0 saturated carbocycles. The highest BCUT2D eigenvalue weighted by atomic mass is 19.1. The minimum absolute atomic E-state index is 0.0760. The molecule has 2 amide bonds. The molecule has 7 nitrogen and oxygen atoms in total. The maximum absolute atomic E-state index is 12.9. The number of nitrogens with zero attached hydrogens (tertiary/aromatic N) is 1. The van der Waals surface area contributed by atoms with Crippen LogP contribution in [-0.2, 0) is 14.3 Å². The second-order valence-corrected chi connectivity index (χ2v) is 6.66. The van der Waals surface area contributed by atoms with Crippen LogP contribution >= 0.6 is 0 Å². The van der Waals surface area contributed by atoms with Crippen LogP contribution in [0.1, 0.15) is 26.2 Å². The first kappa shape index (κ1) is 18.8. The summed E-state index contributed by atoms with van der Waals surface area (Å²) in [7, 11) is 0. The maximum Gasteiger partial charge on any atom is 0.227 e. The van der Waals surface area contributed by atoms with Crippen molar-refractivity contribution in [3.63, 3.8) is 0 Å². The van der Waals surface area contributed by atoms with Crippen LogP contribution in [-0.4, -0.2) is 54.8 Å². The Kier molecular flexibility index (Phi) is 6.18. The summed E-state index contributed by atoms with van der Waals surface area (Å²) in [4.78, 5) is 26.5. The fourth-order valence-electron chi connectivity index (χ4n) is 3.31. The first-order valence-electron chi connectivity index (χ1n) is 9.00. The van der Waals surface area contributed by atoms with Crippen LogP contribution in [0, 0.1) is 5.82 Å². The minimum Gasteiger partial charge on any atom is -0.376 e. The Morgan fingerprint density at radius 3 is 2.88 bits per heavy atom. The van der Waals surface area contributed by atoms with Crippen molar-refractivity contribution in [2.24, 2.45) is 0 Å². The van der Waals surface area contributed by atoms with Gasteiger partial charge in [-0.1, -0.05) is 6.92 Å². The van der Waals surface area contributed by atoms with Crippen molar-refractivity contribution in [2.45, 2.75) is 44.6 Å². The highest BCUT2D eigenvalue weighted by Gasteiger charge is 2.33. The zero-order valence-corrected chi connectivity index (χ0v) is 14.8. The van der Waals surface area contributed by atoms with Gasteiger partial charge in [-0.2, -0.15) is 0 Å². The molecule has 8 heteroatoms. The third kappa shape index (κ3) is 5.00. The Labute approximate surface area is 152 Å². The summed E-state index contributed by atoms with van der Waals surface area (Å²) in [5.41, 5.74) is 0.522. The van der Waals surface area contributed by atoms with Crippen molar-refractivity contribution < 1.29 is 18.7 Å². The van der Waals surface area contributed by atoms with Gasteiger partial charge in [-0.25, -0.2) is 4.39 Å². The van der Waals surface area contributed by atoms with Crippen molar-refractivity contribution in [1.29, 1.82) is 0 Å². The number of hydrogen-bond donors (Lipinski definition) is 3. The second kappa shape index (κ2) is 8.57. The van der Waals surface area contributed by atoms with Gasteiger partial charge in [0.15, 0.2) is 0 Å². The molecule has 2 aliphatic rings. The normalized spacial score (nSPS) is 27.0. The summed E-state index contributed by atoms with van der Waals surface area (Å²) < 4.78 is 18.6. The van der Waals surface area contributed by atoms with Crippen LogP contribution in [0.2, 0.25) is 0 Å². The summed E-state index contributed by atoms with van der Waals surface area (Å²) in [6, 6.07) is 5.58. The lowest BCUT2D eigenvalue weighted by Gasteiger charge is -2.42. The molecule has 0 aliphatic carbocycles. The van der Waals surface area contributed by atoms with Gasteiger partial charge in [0.1, 0.15) is 5.82 Å². The van der Waals surface area contributed by atoms with Crippen molar-refractivity contribution in [3.8, 4) is 0 Å². The van der Waals surface area contributed by atoms with Gasteiger partial charge in [-0.3, -0.25) is 19.8 Å². The second-order valence-electron chi connectivity index (χ2n) is 6.66. The lowest BCUT2D eigenvalue weighted by molar-refractivity contribution is -0.129. The van der Waals surface area contributed by atoms with Gasteiger partial charge in [0.05, 0.1) is 37.9 Å². The molecular formula is C18H25FN4O3. The van der Waals surface area contributed by atoms with E-state index < -0.39 is 6.17 Å². The number of ether oxygens (including phenoxy) is 1. The molecule has 3 atom stereocenters. The van der Waals surface area contributed by atoms with Crippen LogP contribution in [0.15, 0.2) is 24.3 Å². The summed E-state index contributed by atoms with van der Waals surface area (Å²) >= 11 is 0. The molecular weight excluding hydrogens is 339 g/mol. The number of morpholine rings is 1. The number of carbonyl (C=O) groups excluding carboxylic acids is 2. The van der Waals surface area contributed by atoms with Gasteiger partial charge < -0.3 is 15.4 Å². The predicted octanol–water partition coefficient (Wildman–Crippen LogP) is 1.03. The molecule has 2 saturated heterocycles. The summed E-state index contributed by atoms with van der Waals surface area (Å²) in [6.07, 6.45) is 1.01. The summed E-state index contributed by atoms with van der Waals surface area (Å²) in [5.74, 6) is -0.681. The SMILES string of the molecule is CCC1CN(C2CC(=O)NC(CC(=O)Nc3ccc(F)cc3)N2)CCO1. The van der Waals surface area contributed by atoms with E-state index in [9.17, 15) is 14.0 Å². The molecule has 0 spiro atoms. The van der Waals surface area contributed by atoms with Crippen LogP contribution in [0.4, 0.5) is 10.1 Å². The molecule has 0 bridgehead atoms. The lowest BCUT2D eigenvalue weighted by Crippen LogP contribution is -2.64. The van der Waals surface area contributed by atoms with Gasteiger partial charge in [-0.15, -0.1) is 0 Å². The van der Waals surface area contributed by atoms with E-state index >= 15 is 0 Å². The highest BCUT2D eigenvalue weighted by molar-refractivity contribution is 5.91. The number of carbonyl (C=O) groups is 2. The Morgan fingerprint density at radius 1 is 1.38 bits per heavy atom. The Balaban J connectivity index is 1.55. The Morgan fingerprint density at radius 2 is 2.15 bits per heavy atom. The number of anilines is 1. The van der Waals surface area contributed by atoms with Gasteiger partial charge in [-0.05, 0) is 30.7 Å². The number of benzene rings is 1. The molecule has 0 radical (unpaired) electrons. The zero-order valence-electron chi connectivity index (χ0n) is 14.8. The average molecular weight is 364 g/mol. The van der Waals surface area contributed by atoms with Crippen LogP contribution in [0.5, 0.6) is 0 Å². The number of hydrogen-bond acceptors (Lipinski definition) is 5. The van der Waals surface area contributed by atoms with Crippen molar-refractivity contribution in [3.05, 3.63) is 30.1 Å². The molecule has 1 aromatic rings. The summed E-state index contributed by atoms with van der Waals surface area (Å²) in [6.45, 7) is 4.26. The predicted molar refractivity (Wildman–Crippen MR) is 94.7 cm³/mol. The van der Waals surface area contributed by atoms with Crippen molar-refractivity contribution >= 4 is 17.5 Å². The molecule has 26 heavy (non-hydrogen) atoms. The molecule has 0 aromatic heterocycles. The van der Waals surface area contributed by atoms with Crippen molar-refractivity contribution in [1.82, 2.24) is 15.5 Å². The monoisotopic (exact) mass is 364 g/mol. The number of halogens is 1. The highest BCUT2D eigenvalue weighted by Crippen LogP contribution is 2.16. The fourth-order valence-corrected chi connectivity index (χ4v) is 3.31. The zero-order chi connectivity index (χ0) is 18.5. The quantitative estimate of drug-likeness (QED) is 0.727. The molecule has 142 valence electrons. The maximum atomic E-state index is 12.9. The third-order valence-corrected chi connectivity index (χ3v) is 4.69. The van der Waals surface area contributed by atoms with E-state index in [0.29, 0.717) is 18.7 Å². The first-order chi connectivity index (χ1) is 12.5. The molecule has 3 N–H and O–H groups in total. The molecule has 2 fully saturated rings. The van der Waals surface area contributed by atoms with Gasteiger partial charge in [0.2, 0.25) is 11.8 Å². The molecule has 1 aromatic carbocycles. The smallest absolute Gasteiger partial charge is 0.227 e. The summed E-state index contributed by atoms with van der Waals surface area (Å²) in [5, 5.41) is 8.86. The first-order valence-corrected chi connectivity index (χ1v) is 9.00. The molecule has 3 unspecified atom stereocenters. The van der Waals surface area contributed by atoms with E-state index in [0.717, 1.165) is 19.5 Å². The van der Waals surface area contributed by atoms with Crippen molar-refractivity contribution in [2.75, 3.05) is 25.0 Å². The fraction of sp³-hybridized carbons (Fsp3) is 0.556. The van der Waals surface area contributed by atoms with E-state index in [2.05, 4.69) is 27.8 Å². The topological polar surface area (TPSA) is 82.7 Å². The number of rotatable bonds is 5. The van der Waals surface area contributed by atoms with Gasteiger partial charge in [0.25, 0.3) is 0 Å². The van der Waals surface area contributed by atoms with E-state index in [1.165, 1.54) is 24.3 Å². The minimum atomic E-state index is -0.440. The van der Waals surface area contributed by atoms with Gasteiger partial charge in [0, 0.05) is 18.8 Å². The Hall–Kier alpha value is -2.03. The average Bonchev–Trinajstić information content (AvgIpc) is 2.63. The van der Waals surface area contributed by atoms with E-state index in [1.54, 1.807) is 0 Å². The number of amides is 2. The van der Waals surface area contributed by atoms with Crippen LogP contribution < -0.4 is 16.0 Å². The van der Waals surface area contributed by atoms with E-state index in [-0.39, 0.29) is 36.3 Å². The molecule has 2 heterocycles. The standard InChI is InChI=1S/C18H25FN4O3/c1-2-14-11-23(7-8-26-14)16-10-18(25)22-15(21-16)9-17(24)20-13-5-3-12(19)4-6-13/h3-6,14-16,21H,2,7-11H2,1H3,(H,20,24)(H,22,25). The number of nitrogens with one attached hydrogen (secondary N) is 3. The molecule has 2 aliphatic heterocycles. The third-order valence-electron chi connectivity index (χ3n) is 4.69. The molecule has 3 rings (SSSR count).